The Morgan fingerprint density at radius 2 is 2.26 bits per heavy atom. The zero-order valence-electron chi connectivity index (χ0n) is 11.3. The van der Waals surface area contributed by atoms with Crippen molar-refractivity contribution in [2.45, 2.75) is 25.5 Å². The highest BCUT2D eigenvalue weighted by Crippen LogP contribution is 2.36. The molecule has 0 spiro atoms. The van der Waals surface area contributed by atoms with E-state index in [2.05, 4.69) is 4.90 Å². The highest BCUT2D eigenvalue weighted by Gasteiger charge is 2.35. The van der Waals surface area contributed by atoms with E-state index in [-0.39, 0.29) is 5.82 Å². The first-order chi connectivity index (χ1) is 9.26. The maximum atomic E-state index is 13.2. The lowest BCUT2D eigenvalue weighted by Gasteiger charge is -2.33. The molecule has 0 radical (unpaired) electrons. The number of ether oxygens (including phenoxy) is 2. The van der Waals surface area contributed by atoms with Gasteiger partial charge in [0.25, 0.3) is 0 Å². The van der Waals surface area contributed by atoms with Gasteiger partial charge in [-0.3, -0.25) is 4.90 Å². The van der Waals surface area contributed by atoms with Crippen LogP contribution in [0.15, 0.2) is 18.2 Å². The minimum atomic E-state index is -0.251. The molecule has 4 heteroatoms. The molecule has 104 valence electrons. The zero-order chi connectivity index (χ0) is 13.2. The van der Waals surface area contributed by atoms with Crippen LogP contribution in [-0.4, -0.2) is 37.8 Å². The van der Waals surface area contributed by atoms with Gasteiger partial charge >= 0.3 is 0 Å². The monoisotopic (exact) mass is 265 g/mol. The molecule has 0 N–H and O–H groups in total. The number of methoxy groups -OCH3 is 1. The molecule has 1 aliphatic heterocycles. The zero-order valence-corrected chi connectivity index (χ0v) is 11.3. The van der Waals surface area contributed by atoms with Gasteiger partial charge in [0.15, 0.2) is 0 Å². The average Bonchev–Trinajstić information content (AvgIpc) is 3.25. The fraction of sp³-hybridized carbons (Fsp3) is 0.600. The fourth-order valence-electron chi connectivity index (χ4n) is 2.72. The summed E-state index contributed by atoms with van der Waals surface area (Å²) in [6.45, 7) is 3.51. The summed E-state index contributed by atoms with van der Waals surface area (Å²) < 4.78 is 24.2. The summed E-state index contributed by atoms with van der Waals surface area (Å²) in [7, 11) is 1.59. The molecule has 1 aromatic carbocycles. The third-order valence-electron chi connectivity index (χ3n) is 3.97. The van der Waals surface area contributed by atoms with E-state index >= 15 is 0 Å². The Kier molecular flexibility index (Phi) is 3.71. The normalized spacial score (nSPS) is 24.4. The largest absolute Gasteiger partial charge is 0.496 e. The number of halogens is 1. The molecule has 19 heavy (non-hydrogen) atoms. The minimum Gasteiger partial charge on any atom is -0.496 e. The number of morpholine rings is 1. The van der Waals surface area contributed by atoms with E-state index in [4.69, 9.17) is 9.47 Å². The van der Waals surface area contributed by atoms with E-state index in [1.807, 2.05) is 6.07 Å². The number of rotatable bonds is 4. The van der Waals surface area contributed by atoms with Crippen LogP contribution < -0.4 is 4.74 Å². The van der Waals surface area contributed by atoms with Crippen LogP contribution in [0.1, 0.15) is 18.4 Å². The molecule has 0 unspecified atom stereocenters. The first-order valence-electron chi connectivity index (χ1n) is 6.92. The van der Waals surface area contributed by atoms with Crippen LogP contribution in [0.4, 0.5) is 4.39 Å². The maximum absolute atomic E-state index is 13.2. The van der Waals surface area contributed by atoms with Crippen LogP contribution in [0.2, 0.25) is 0 Å². The molecular weight excluding hydrogens is 245 g/mol. The Bertz CT molecular complexity index is 448. The number of hydrogen-bond acceptors (Lipinski definition) is 3. The fourth-order valence-corrected chi connectivity index (χ4v) is 2.72. The third-order valence-corrected chi connectivity index (χ3v) is 3.97. The van der Waals surface area contributed by atoms with Gasteiger partial charge in [-0.15, -0.1) is 0 Å². The Morgan fingerprint density at radius 1 is 1.42 bits per heavy atom. The molecule has 2 aliphatic rings. The molecule has 0 amide bonds. The summed E-state index contributed by atoms with van der Waals surface area (Å²) in [6.07, 6.45) is 3.00. The van der Waals surface area contributed by atoms with Crippen molar-refractivity contribution in [2.24, 2.45) is 5.92 Å². The number of hydrogen-bond donors (Lipinski definition) is 0. The molecule has 1 atom stereocenters. The Morgan fingerprint density at radius 3 is 3.00 bits per heavy atom. The predicted molar refractivity (Wildman–Crippen MR) is 70.7 cm³/mol. The van der Waals surface area contributed by atoms with Gasteiger partial charge in [0.1, 0.15) is 11.6 Å². The van der Waals surface area contributed by atoms with Crippen molar-refractivity contribution in [3.63, 3.8) is 0 Å². The quantitative estimate of drug-likeness (QED) is 0.834. The lowest BCUT2D eigenvalue weighted by atomic mass is 10.1. The second-order valence-corrected chi connectivity index (χ2v) is 5.44. The first-order valence-corrected chi connectivity index (χ1v) is 6.92. The standard InChI is InChI=1S/C15H20FNO2/c1-18-14-8-13(16)5-4-12(14)9-17-6-7-19-15(10-17)11-2-3-11/h4-5,8,11,15H,2-3,6-7,9-10H2,1H3/t15-/m0/s1. The van der Waals surface area contributed by atoms with Gasteiger partial charge < -0.3 is 9.47 Å². The van der Waals surface area contributed by atoms with Gasteiger partial charge in [0.2, 0.25) is 0 Å². The van der Waals surface area contributed by atoms with Crippen molar-refractivity contribution in [3.05, 3.63) is 29.6 Å². The summed E-state index contributed by atoms with van der Waals surface area (Å²) in [5, 5.41) is 0. The highest BCUT2D eigenvalue weighted by molar-refractivity contribution is 5.33. The lowest BCUT2D eigenvalue weighted by Crippen LogP contribution is -2.42. The van der Waals surface area contributed by atoms with Crippen molar-refractivity contribution in [1.82, 2.24) is 4.90 Å². The van der Waals surface area contributed by atoms with Crippen LogP contribution >= 0.6 is 0 Å². The summed E-state index contributed by atoms with van der Waals surface area (Å²) in [5.41, 5.74) is 1.04. The Balaban J connectivity index is 1.66. The summed E-state index contributed by atoms with van der Waals surface area (Å²) in [4.78, 5) is 2.38. The number of nitrogens with zero attached hydrogens (tertiary/aromatic N) is 1. The Labute approximate surface area is 113 Å². The Hall–Kier alpha value is -1.13. The molecule has 3 rings (SSSR count). The minimum absolute atomic E-state index is 0.251. The lowest BCUT2D eigenvalue weighted by molar-refractivity contribution is -0.0420. The summed E-state index contributed by atoms with van der Waals surface area (Å²) in [6, 6.07) is 4.76. The van der Waals surface area contributed by atoms with E-state index in [0.29, 0.717) is 11.9 Å². The molecule has 1 saturated heterocycles. The predicted octanol–water partition coefficient (Wildman–Crippen LogP) is 2.45. The van der Waals surface area contributed by atoms with Crippen molar-refractivity contribution < 1.29 is 13.9 Å². The second-order valence-electron chi connectivity index (χ2n) is 5.44. The van der Waals surface area contributed by atoms with Crippen LogP contribution in [0.25, 0.3) is 0 Å². The number of benzene rings is 1. The average molecular weight is 265 g/mol. The van der Waals surface area contributed by atoms with E-state index in [0.717, 1.165) is 37.7 Å². The van der Waals surface area contributed by atoms with Gasteiger partial charge in [-0.1, -0.05) is 6.07 Å². The van der Waals surface area contributed by atoms with Gasteiger partial charge in [-0.05, 0) is 24.8 Å². The van der Waals surface area contributed by atoms with Crippen LogP contribution in [-0.2, 0) is 11.3 Å². The first kappa shape index (κ1) is 12.9. The van der Waals surface area contributed by atoms with E-state index in [1.165, 1.54) is 25.0 Å². The summed E-state index contributed by atoms with van der Waals surface area (Å²) >= 11 is 0. The van der Waals surface area contributed by atoms with Crippen molar-refractivity contribution >= 4 is 0 Å². The van der Waals surface area contributed by atoms with Crippen LogP contribution in [0.5, 0.6) is 5.75 Å². The van der Waals surface area contributed by atoms with Crippen molar-refractivity contribution in [2.75, 3.05) is 26.8 Å². The van der Waals surface area contributed by atoms with E-state index in [1.54, 1.807) is 7.11 Å². The van der Waals surface area contributed by atoms with E-state index in [9.17, 15) is 4.39 Å². The molecule has 1 aliphatic carbocycles. The van der Waals surface area contributed by atoms with Crippen molar-refractivity contribution in [3.8, 4) is 5.75 Å². The highest BCUT2D eigenvalue weighted by atomic mass is 19.1. The van der Waals surface area contributed by atoms with Crippen molar-refractivity contribution in [1.29, 1.82) is 0 Å². The molecule has 1 aromatic rings. The SMILES string of the molecule is COc1cc(F)ccc1CN1CCO[C@H](C2CC2)C1. The third kappa shape index (κ3) is 3.07. The smallest absolute Gasteiger partial charge is 0.126 e. The van der Waals surface area contributed by atoms with E-state index < -0.39 is 0 Å². The second kappa shape index (κ2) is 5.47. The van der Waals surface area contributed by atoms with Gasteiger partial charge in [0, 0.05) is 31.3 Å². The van der Waals surface area contributed by atoms with Gasteiger partial charge in [0.05, 0.1) is 19.8 Å². The molecule has 1 heterocycles. The maximum Gasteiger partial charge on any atom is 0.126 e. The molecular formula is C15H20FNO2. The van der Waals surface area contributed by atoms with Crippen LogP contribution in [0, 0.1) is 11.7 Å². The molecule has 0 aromatic heterocycles. The molecule has 2 fully saturated rings. The van der Waals surface area contributed by atoms with Crippen LogP contribution in [0.3, 0.4) is 0 Å². The molecule has 0 bridgehead atoms. The topological polar surface area (TPSA) is 21.7 Å². The molecule has 3 nitrogen and oxygen atoms in total. The van der Waals surface area contributed by atoms with Gasteiger partial charge in [-0.25, -0.2) is 4.39 Å². The van der Waals surface area contributed by atoms with Gasteiger partial charge in [-0.2, -0.15) is 0 Å². The molecule has 1 saturated carbocycles. The summed E-state index contributed by atoms with van der Waals surface area (Å²) in [5.74, 6) is 1.14.